The van der Waals surface area contributed by atoms with Crippen molar-refractivity contribution in [1.29, 1.82) is 5.26 Å². The minimum Gasteiger partial charge on any atom is -0.490 e. The summed E-state index contributed by atoms with van der Waals surface area (Å²) in [6.45, 7) is 2.47. The molecule has 0 aliphatic heterocycles. The molecule has 0 unspecified atom stereocenters. The molecule has 5 nitrogen and oxygen atoms in total. The molecule has 8 heteroatoms. The Morgan fingerprint density at radius 2 is 1.85 bits per heavy atom. The maximum atomic E-state index is 13.1. The fraction of sp³-hybridized carbons (Fsp3) is 0.120. The Morgan fingerprint density at radius 1 is 1.15 bits per heavy atom. The number of anilines is 1. The number of nitriles is 1. The van der Waals surface area contributed by atoms with Crippen LogP contribution in [0.15, 0.2) is 70.7 Å². The smallest absolute Gasteiger partial charge is 0.266 e. The number of halogens is 3. The molecular weight excluding hydrogens is 511 g/mol. The quantitative estimate of drug-likeness (QED) is 0.258. The molecule has 0 saturated carbocycles. The first-order chi connectivity index (χ1) is 15.9. The van der Waals surface area contributed by atoms with Gasteiger partial charge in [0.2, 0.25) is 0 Å². The highest BCUT2D eigenvalue weighted by atomic mass is 79.9. The zero-order chi connectivity index (χ0) is 23.8. The fourth-order valence-corrected chi connectivity index (χ4v) is 3.48. The summed E-state index contributed by atoms with van der Waals surface area (Å²) in [4.78, 5) is 12.5. The summed E-state index contributed by atoms with van der Waals surface area (Å²) >= 11 is 9.67. The summed E-state index contributed by atoms with van der Waals surface area (Å²) in [5.74, 6) is -0.105. The van der Waals surface area contributed by atoms with Crippen LogP contribution in [0.3, 0.4) is 0 Å². The van der Waals surface area contributed by atoms with E-state index in [1.165, 1.54) is 30.3 Å². The Bertz CT molecular complexity index is 1220. The molecule has 168 valence electrons. The van der Waals surface area contributed by atoms with Gasteiger partial charge in [0.25, 0.3) is 5.91 Å². The predicted octanol–water partition coefficient (Wildman–Crippen LogP) is 6.76. The topological polar surface area (TPSA) is 71.3 Å². The molecule has 0 fully saturated rings. The lowest BCUT2D eigenvalue weighted by Crippen LogP contribution is -2.13. The molecule has 0 saturated heterocycles. The second-order valence-corrected chi connectivity index (χ2v) is 8.03. The second kappa shape index (κ2) is 11.5. The average molecular weight is 530 g/mol. The third-order valence-corrected chi connectivity index (χ3v) is 5.53. The summed E-state index contributed by atoms with van der Waals surface area (Å²) in [5, 5.41) is 12.7. The van der Waals surface area contributed by atoms with E-state index in [9.17, 15) is 14.4 Å². The van der Waals surface area contributed by atoms with Crippen LogP contribution in [0.4, 0.5) is 10.1 Å². The van der Waals surface area contributed by atoms with Crippen LogP contribution in [0.2, 0.25) is 5.02 Å². The lowest BCUT2D eigenvalue weighted by molar-refractivity contribution is -0.112. The van der Waals surface area contributed by atoms with E-state index in [4.69, 9.17) is 21.1 Å². The van der Waals surface area contributed by atoms with Crippen molar-refractivity contribution in [3.8, 4) is 17.6 Å². The van der Waals surface area contributed by atoms with Gasteiger partial charge in [-0.1, -0.05) is 45.7 Å². The lowest BCUT2D eigenvalue weighted by Gasteiger charge is -2.15. The van der Waals surface area contributed by atoms with E-state index in [1.807, 2.05) is 31.2 Å². The van der Waals surface area contributed by atoms with Gasteiger partial charge in [-0.25, -0.2) is 4.39 Å². The Morgan fingerprint density at radius 3 is 2.52 bits per heavy atom. The minimum absolute atomic E-state index is 0.132. The standard InChI is InChI=1S/C25H19BrClFN2O3/c1-2-32-23-12-17(11-18(14-29)25(31)30-20-9-7-19(28)8-10-20)21(26)13-24(23)33-15-16-5-3-4-6-22(16)27/h3-13H,2,15H2,1H3,(H,30,31)/b18-11+. The number of benzene rings is 3. The molecule has 0 bridgehead atoms. The first kappa shape index (κ1) is 24.3. The van der Waals surface area contributed by atoms with Gasteiger partial charge in [0.1, 0.15) is 24.1 Å². The van der Waals surface area contributed by atoms with Gasteiger partial charge in [0.15, 0.2) is 11.5 Å². The Balaban J connectivity index is 1.85. The SMILES string of the molecule is CCOc1cc(/C=C(\C#N)C(=O)Nc2ccc(F)cc2)c(Br)cc1OCc1ccccc1Cl. The zero-order valence-corrected chi connectivity index (χ0v) is 19.9. The molecule has 33 heavy (non-hydrogen) atoms. The van der Waals surface area contributed by atoms with Gasteiger partial charge in [-0.05, 0) is 61.0 Å². The number of carbonyl (C=O) groups is 1. The summed E-state index contributed by atoms with van der Waals surface area (Å²) in [6.07, 6.45) is 1.43. The van der Waals surface area contributed by atoms with Gasteiger partial charge in [0, 0.05) is 20.7 Å². The van der Waals surface area contributed by atoms with Gasteiger partial charge >= 0.3 is 0 Å². The zero-order valence-electron chi connectivity index (χ0n) is 17.6. The highest BCUT2D eigenvalue weighted by molar-refractivity contribution is 9.10. The molecule has 3 rings (SSSR count). The van der Waals surface area contributed by atoms with E-state index in [-0.39, 0.29) is 12.2 Å². The number of rotatable bonds is 8. The Hall–Kier alpha value is -3.34. The summed E-state index contributed by atoms with van der Waals surface area (Å²) in [6, 6.07) is 17.9. The third kappa shape index (κ3) is 6.58. The second-order valence-electron chi connectivity index (χ2n) is 6.76. The number of hydrogen-bond acceptors (Lipinski definition) is 4. The van der Waals surface area contributed by atoms with E-state index in [0.29, 0.717) is 38.9 Å². The van der Waals surface area contributed by atoms with Gasteiger partial charge in [-0.2, -0.15) is 5.26 Å². The van der Waals surface area contributed by atoms with Crippen LogP contribution in [0.25, 0.3) is 6.08 Å². The van der Waals surface area contributed by atoms with Crippen LogP contribution in [-0.2, 0) is 11.4 Å². The van der Waals surface area contributed by atoms with Crippen LogP contribution in [0.5, 0.6) is 11.5 Å². The van der Waals surface area contributed by atoms with Crippen molar-refractivity contribution in [2.75, 3.05) is 11.9 Å². The molecule has 0 radical (unpaired) electrons. The third-order valence-electron chi connectivity index (χ3n) is 4.47. The molecule has 0 heterocycles. The maximum Gasteiger partial charge on any atom is 0.266 e. The molecule has 3 aromatic carbocycles. The number of nitrogens with zero attached hydrogens (tertiary/aromatic N) is 1. The van der Waals surface area contributed by atoms with Gasteiger partial charge in [-0.15, -0.1) is 0 Å². The molecule has 0 aliphatic carbocycles. The van der Waals surface area contributed by atoms with E-state index >= 15 is 0 Å². The maximum absolute atomic E-state index is 13.1. The molecule has 3 aromatic rings. The molecule has 0 aromatic heterocycles. The van der Waals surface area contributed by atoms with Gasteiger partial charge < -0.3 is 14.8 Å². The fourth-order valence-electron chi connectivity index (χ4n) is 2.85. The van der Waals surface area contributed by atoms with Crippen molar-refractivity contribution in [3.05, 3.63) is 92.7 Å². The van der Waals surface area contributed by atoms with Crippen LogP contribution >= 0.6 is 27.5 Å². The van der Waals surface area contributed by atoms with Gasteiger partial charge in [0.05, 0.1) is 6.61 Å². The minimum atomic E-state index is -0.618. The summed E-state index contributed by atoms with van der Waals surface area (Å²) in [7, 11) is 0. The van der Waals surface area contributed by atoms with Crippen molar-refractivity contribution in [1.82, 2.24) is 0 Å². The number of carbonyl (C=O) groups excluding carboxylic acids is 1. The number of ether oxygens (including phenoxy) is 2. The van der Waals surface area contributed by atoms with Gasteiger partial charge in [-0.3, -0.25) is 4.79 Å². The van der Waals surface area contributed by atoms with Crippen LogP contribution in [0.1, 0.15) is 18.1 Å². The van der Waals surface area contributed by atoms with Crippen LogP contribution in [-0.4, -0.2) is 12.5 Å². The molecule has 0 atom stereocenters. The van der Waals surface area contributed by atoms with Crippen molar-refractivity contribution >= 4 is 45.2 Å². The van der Waals surface area contributed by atoms with Crippen molar-refractivity contribution < 1.29 is 18.7 Å². The summed E-state index contributed by atoms with van der Waals surface area (Å²) in [5.41, 5.74) is 1.62. The van der Waals surface area contributed by atoms with Crippen LogP contribution in [0, 0.1) is 17.1 Å². The predicted molar refractivity (Wildman–Crippen MR) is 130 cm³/mol. The molecule has 0 aliphatic rings. The first-order valence-corrected chi connectivity index (χ1v) is 11.1. The molecule has 1 N–H and O–H groups in total. The van der Waals surface area contributed by atoms with E-state index in [2.05, 4.69) is 21.2 Å². The number of amides is 1. The van der Waals surface area contributed by atoms with Crippen LogP contribution < -0.4 is 14.8 Å². The summed E-state index contributed by atoms with van der Waals surface area (Å²) < 4.78 is 25.3. The number of nitrogens with one attached hydrogen (secondary N) is 1. The highest BCUT2D eigenvalue weighted by Crippen LogP contribution is 2.36. The average Bonchev–Trinajstić information content (AvgIpc) is 2.80. The molecule has 1 amide bonds. The van der Waals surface area contributed by atoms with Crippen molar-refractivity contribution in [2.45, 2.75) is 13.5 Å². The van der Waals surface area contributed by atoms with Crippen molar-refractivity contribution in [2.24, 2.45) is 0 Å². The number of hydrogen-bond donors (Lipinski definition) is 1. The van der Waals surface area contributed by atoms with Crippen molar-refractivity contribution in [3.63, 3.8) is 0 Å². The Labute approximate surface area is 204 Å². The molecule has 0 spiro atoms. The largest absolute Gasteiger partial charge is 0.490 e. The highest BCUT2D eigenvalue weighted by Gasteiger charge is 2.15. The molecular formula is C25H19BrClFN2O3. The monoisotopic (exact) mass is 528 g/mol. The van der Waals surface area contributed by atoms with E-state index in [0.717, 1.165) is 5.56 Å². The Kier molecular flexibility index (Phi) is 8.47. The lowest BCUT2D eigenvalue weighted by atomic mass is 10.1. The first-order valence-electron chi connectivity index (χ1n) is 9.92. The van der Waals surface area contributed by atoms with E-state index in [1.54, 1.807) is 18.2 Å². The normalized spacial score (nSPS) is 10.9. The van der Waals surface area contributed by atoms with E-state index < -0.39 is 11.7 Å².